The van der Waals surface area contributed by atoms with E-state index in [1.807, 2.05) is 6.92 Å². The van der Waals surface area contributed by atoms with Crippen molar-refractivity contribution in [1.82, 2.24) is 14.6 Å². The zero-order chi connectivity index (χ0) is 21.9. The average molecular weight is 430 g/mol. The minimum absolute atomic E-state index is 0.137. The summed E-state index contributed by atoms with van der Waals surface area (Å²) in [5.41, 5.74) is 0.207. The van der Waals surface area contributed by atoms with Crippen molar-refractivity contribution in [2.45, 2.75) is 46.3 Å². The molecule has 2 heterocycles. The third kappa shape index (κ3) is 5.41. The molecule has 0 aliphatic carbocycles. The van der Waals surface area contributed by atoms with Crippen LogP contribution in [0.2, 0.25) is 0 Å². The van der Waals surface area contributed by atoms with Crippen LogP contribution in [-0.4, -0.2) is 32.3 Å². The average Bonchev–Trinajstić information content (AvgIpc) is 3.09. The number of aryl methyl sites for hydroxylation is 1. The Morgan fingerprint density at radius 3 is 2.53 bits per heavy atom. The highest BCUT2D eigenvalue weighted by Crippen LogP contribution is 2.15. The summed E-state index contributed by atoms with van der Waals surface area (Å²) >= 11 is 1.32. The standard InChI is InChI=1S/C20H22N4O5S/c1-5-15-23-24-16(25)10-14(21-18(24)30-15)11-28-17(26)12-6-8-13(9-7-12)22-19(27)29-20(2,3)4/h6-10H,5,11H2,1-4H3,(H,22,27). The van der Waals surface area contributed by atoms with Crippen LogP contribution in [0, 0.1) is 0 Å². The molecule has 1 N–H and O–H groups in total. The summed E-state index contributed by atoms with van der Waals surface area (Å²) in [5, 5.41) is 7.56. The maximum absolute atomic E-state index is 12.3. The number of rotatable bonds is 5. The molecule has 1 amide bonds. The summed E-state index contributed by atoms with van der Waals surface area (Å²) in [6, 6.07) is 7.49. The lowest BCUT2D eigenvalue weighted by Crippen LogP contribution is -2.27. The monoisotopic (exact) mass is 430 g/mol. The van der Waals surface area contributed by atoms with Crippen LogP contribution in [0.4, 0.5) is 10.5 Å². The predicted molar refractivity (Wildman–Crippen MR) is 112 cm³/mol. The van der Waals surface area contributed by atoms with Crippen LogP contribution in [0.15, 0.2) is 35.1 Å². The maximum atomic E-state index is 12.3. The molecule has 30 heavy (non-hydrogen) atoms. The molecule has 0 spiro atoms. The van der Waals surface area contributed by atoms with Crippen molar-refractivity contribution in [2.24, 2.45) is 0 Å². The van der Waals surface area contributed by atoms with E-state index < -0.39 is 17.7 Å². The van der Waals surface area contributed by atoms with Crippen molar-refractivity contribution < 1.29 is 19.1 Å². The molecule has 0 atom stereocenters. The van der Waals surface area contributed by atoms with Gasteiger partial charge in [-0.3, -0.25) is 10.1 Å². The molecule has 0 aliphatic heterocycles. The molecule has 10 heteroatoms. The van der Waals surface area contributed by atoms with E-state index in [4.69, 9.17) is 9.47 Å². The second-order valence-corrected chi connectivity index (χ2v) is 8.45. The van der Waals surface area contributed by atoms with Crippen molar-refractivity contribution in [1.29, 1.82) is 0 Å². The molecule has 0 saturated heterocycles. The molecule has 0 aliphatic rings. The van der Waals surface area contributed by atoms with E-state index in [1.54, 1.807) is 32.9 Å². The number of hydrogen-bond acceptors (Lipinski definition) is 8. The van der Waals surface area contributed by atoms with Gasteiger partial charge in [0.15, 0.2) is 0 Å². The molecule has 0 saturated carbocycles. The van der Waals surface area contributed by atoms with Gasteiger partial charge in [0.25, 0.3) is 5.56 Å². The minimum Gasteiger partial charge on any atom is -0.456 e. The number of fused-ring (bicyclic) bond motifs is 1. The summed E-state index contributed by atoms with van der Waals surface area (Å²) in [7, 11) is 0. The van der Waals surface area contributed by atoms with Crippen LogP contribution in [0.25, 0.3) is 4.96 Å². The van der Waals surface area contributed by atoms with Gasteiger partial charge in [-0.15, -0.1) is 0 Å². The first kappa shape index (κ1) is 21.4. The zero-order valence-electron chi connectivity index (χ0n) is 17.1. The second kappa shape index (κ2) is 8.62. The Morgan fingerprint density at radius 1 is 1.20 bits per heavy atom. The lowest BCUT2D eigenvalue weighted by Gasteiger charge is -2.19. The fraction of sp³-hybridized carbons (Fsp3) is 0.350. The number of hydrogen-bond donors (Lipinski definition) is 1. The van der Waals surface area contributed by atoms with Gasteiger partial charge in [-0.1, -0.05) is 18.3 Å². The van der Waals surface area contributed by atoms with Gasteiger partial charge in [-0.05, 0) is 51.5 Å². The first-order valence-electron chi connectivity index (χ1n) is 9.30. The smallest absolute Gasteiger partial charge is 0.412 e. The predicted octanol–water partition coefficient (Wildman–Crippen LogP) is 3.42. The van der Waals surface area contributed by atoms with Crippen LogP contribution in [0.5, 0.6) is 0 Å². The fourth-order valence-electron chi connectivity index (χ4n) is 2.45. The van der Waals surface area contributed by atoms with E-state index in [-0.39, 0.29) is 12.2 Å². The molecule has 0 unspecified atom stereocenters. The van der Waals surface area contributed by atoms with Crippen molar-refractivity contribution in [3.63, 3.8) is 0 Å². The Kier molecular flexibility index (Phi) is 6.16. The number of nitrogens with zero attached hydrogens (tertiary/aromatic N) is 3. The first-order valence-corrected chi connectivity index (χ1v) is 10.1. The van der Waals surface area contributed by atoms with Gasteiger partial charge < -0.3 is 9.47 Å². The SMILES string of the molecule is CCc1nn2c(=O)cc(COC(=O)c3ccc(NC(=O)OC(C)(C)C)cc3)nc2s1. The number of carbonyl (C=O) groups is 2. The fourth-order valence-corrected chi connectivity index (χ4v) is 3.30. The van der Waals surface area contributed by atoms with Crippen LogP contribution in [0.1, 0.15) is 48.8 Å². The molecule has 158 valence electrons. The number of esters is 1. The van der Waals surface area contributed by atoms with E-state index in [0.717, 1.165) is 5.01 Å². The summed E-state index contributed by atoms with van der Waals surface area (Å²) in [6.07, 6.45) is 0.121. The van der Waals surface area contributed by atoms with Crippen LogP contribution >= 0.6 is 11.3 Å². The van der Waals surface area contributed by atoms with Gasteiger partial charge in [-0.2, -0.15) is 9.61 Å². The van der Waals surface area contributed by atoms with Crippen molar-refractivity contribution in [3.8, 4) is 0 Å². The normalized spacial score (nSPS) is 11.3. The Balaban J connectivity index is 1.62. The van der Waals surface area contributed by atoms with Crippen LogP contribution in [-0.2, 0) is 22.5 Å². The molecular weight excluding hydrogens is 408 g/mol. The number of aromatic nitrogens is 3. The first-order chi connectivity index (χ1) is 14.1. The molecule has 0 fully saturated rings. The highest BCUT2D eigenvalue weighted by molar-refractivity contribution is 7.16. The van der Waals surface area contributed by atoms with Crippen molar-refractivity contribution >= 4 is 34.0 Å². The maximum Gasteiger partial charge on any atom is 0.412 e. The molecule has 2 aromatic heterocycles. The zero-order valence-corrected chi connectivity index (χ0v) is 17.9. The number of nitrogens with one attached hydrogen (secondary N) is 1. The molecular formula is C20H22N4O5S. The molecule has 9 nitrogen and oxygen atoms in total. The number of carbonyl (C=O) groups excluding carboxylic acids is 2. The highest BCUT2D eigenvalue weighted by atomic mass is 32.1. The van der Waals surface area contributed by atoms with Gasteiger partial charge in [0, 0.05) is 11.8 Å². The van der Waals surface area contributed by atoms with Gasteiger partial charge in [0.2, 0.25) is 4.96 Å². The Morgan fingerprint density at radius 2 is 1.90 bits per heavy atom. The molecule has 1 aromatic carbocycles. The van der Waals surface area contributed by atoms with E-state index in [0.29, 0.717) is 28.3 Å². The Labute approximate surface area is 176 Å². The van der Waals surface area contributed by atoms with E-state index in [2.05, 4.69) is 15.4 Å². The number of amides is 1. The number of benzene rings is 1. The second-order valence-electron chi connectivity index (χ2n) is 7.41. The van der Waals surface area contributed by atoms with Crippen molar-refractivity contribution in [3.05, 3.63) is 57.0 Å². The molecule has 3 rings (SSSR count). The highest BCUT2D eigenvalue weighted by Gasteiger charge is 2.16. The van der Waals surface area contributed by atoms with Crippen molar-refractivity contribution in [2.75, 3.05) is 5.32 Å². The largest absolute Gasteiger partial charge is 0.456 e. The summed E-state index contributed by atoms with van der Waals surface area (Å²) in [6.45, 7) is 7.11. The summed E-state index contributed by atoms with van der Waals surface area (Å²) < 4.78 is 11.7. The lowest BCUT2D eigenvalue weighted by molar-refractivity contribution is 0.0467. The molecule has 3 aromatic rings. The third-order valence-electron chi connectivity index (χ3n) is 3.76. The van der Waals surface area contributed by atoms with Gasteiger partial charge >= 0.3 is 12.1 Å². The summed E-state index contributed by atoms with van der Waals surface area (Å²) in [5.74, 6) is -0.570. The molecule has 0 bridgehead atoms. The summed E-state index contributed by atoms with van der Waals surface area (Å²) in [4.78, 5) is 41.0. The van der Waals surface area contributed by atoms with Gasteiger partial charge in [0.05, 0.1) is 11.3 Å². The van der Waals surface area contributed by atoms with E-state index >= 15 is 0 Å². The van der Waals surface area contributed by atoms with Gasteiger partial charge in [-0.25, -0.2) is 14.6 Å². The topological polar surface area (TPSA) is 112 Å². The number of anilines is 1. The van der Waals surface area contributed by atoms with Gasteiger partial charge in [0.1, 0.15) is 17.2 Å². The van der Waals surface area contributed by atoms with Crippen LogP contribution in [0.3, 0.4) is 0 Å². The third-order valence-corrected chi connectivity index (χ3v) is 4.81. The Bertz CT molecular complexity index is 1130. The van der Waals surface area contributed by atoms with E-state index in [1.165, 1.54) is 34.1 Å². The lowest BCUT2D eigenvalue weighted by atomic mass is 10.2. The van der Waals surface area contributed by atoms with Crippen LogP contribution < -0.4 is 10.9 Å². The van der Waals surface area contributed by atoms with E-state index in [9.17, 15) is 14.4 Å². The Hall–Kier alpha value is -3.27. The minimum atomic E-state index is -0.607. The quantitative estimate of drug-likeness (QED) is 0.617. The number of ether oxygens (including phenoxy) is 2. The molecule has 0 radical (unpaired) electrons.